The van der Waals surface area contributed by atoms with Crippen molar-refractivity contribution < 1.29 is 9.72 Å². The van der Waals surface area contributed by atoms with Gasteiger partial charge in [-0.25, -0.2) is 9.97 Å². The molecule has 0 unspecified atom stereocenters. The van der Waals surface area contributed by atoms with Crippen molar-refractivity contribution in [2.45, 2.75) is 13.5 Å². The van der Waals surface area contributed by atoms with E-state index in [1.54, 1.807) is 13.2 Å². The molecule has 0 aromatic carbocycles. The van der Waals surface area contributed by atoms with Gasteiger partial charge in [-0.15, -0.1) is 11.3 Å². The van der Waals surface area contributed by atoms with Crippen LogP contribution in [0.4, 0.5) is 5.69 Å². The van der Waals surface area contributed by atoms with Crippen LogP contribution in [0.25, 0.3) is 0 Å². The van der Waals surface area contributed by atoms with Crippen LogP contribution in [0.5, 0.6) is 0 Å². The molecule has 0 spiro atoms. The lowest BCUT2D eigenvalue weighted by Crippen LogP contribution is -2.26. The molecule has 0 fully saturated rings. The Labute approximate surface area is 129 Å². The largest absolute Gasteiger partial charge is 0.336 e. The van der Waals surface area contributed by atoms with Crippen molar-refractivity contribution in [1.29, 1.82) is 0 Å². The molecule has 0 saturated carbocycles. The summed E-state index contributed by atoms with van der Waals surface area (Å²) in [6, 6.07) is 1.29. The van der Waals surface area contributed by atoms with Gasteiger partial charge in [-0.3, -0.25) is 14.9 Å². The molecule has 7 nitrogen and oxygen atoms in total. The van der Waals surface area contributed by atoms with Crippen LogP contribution in [0.1, 0.15) is 20.2 Å². The number of carbonyl (C=O) groups excluding carboxylic acids is 1. The number of hydrogen-bond acceptors (Lipinski definition) is 6. The summed E-state index contributed by atoms with van der Waals surface area (Å²) >= 11 is 7.17. The fraction of sp³-hybridized carbons (Fsp3) is 0.250. The van der Waals surface area contributed by atoms with E-state index in [0.717, 1.165) is 9.88 Å². The third-order valence-electron chi connectivity index (χ3n) is 2.70. The SMILES string of the molecule is Cc1ncc(CN(C)C(=O)c2ccnc(Cl)c2[N+](=O)[O-])s1. The average Bonchev–Trinajstić information content (AvgIpc) is 2.82. The number of nitro groups is 1. The first-order chi connectivity index (χ1) is 9.90. The Bertz CT molecular complexity index is 704. The monoisotopic (exact) mass is 326 g/mol. The quantitative estimate of drug-likeness (QED) is 0.489. The number of carbonyl (C=O) groups is 1. The number of nitrogens with zero attached hydrogens (tertiary/aromatic N) is 4. The number of aromatic nitrogens is 2. The Hall–Kier alpha value is -2.06. The van der Waals surface area contributed by atoms with Gasteiger partial charge in [0.15, 0.2) is 0 Å². The summed E-state index contributed by atoms with van der Waals surface area (Å²) in [5.41, 5.74) is -0.555. The second kappa shape index (κ2) is 6.15. The standard InChI is InChI=1S/C12H11ClN4O3S/c1-7-15-5-8(21-7)6-16(2)12(18)9-3-4-14-11(13)10(9)17(19)20/h3-5H,6H2,1-2H3. The average molecular weight is 327 g/mol. The number of hydrogen-bond donors (Lipinski definition) is 0. The zero-order valence-electron chi connectivity index (χ0n) is 11.2. The topological polar surface area (TPSA) is 89.2 Å². The van der Waals surface area contributed by atoms with Gasteiger partial charge in [0.05, 0.1) is 16.5 Å². The van der Waals surface area contributed by atoms with Crippen LogP contribution in [0, 0.1) is 17.0 Å². The van der Waals surface area contributed by atoms with E-state index in [1.807, 2.05) is 6.92 Å². The van der Waals surface area contributed by atoms with E-state index in [-0.39, 0.29) is 10.7 Å². The fourth-order valence-electron chi connectivity index (χ4n) is 1.76. The molecule has 0 aliphatic rings. The molecule has 0 radical (unpaired) electrons. The zero-order chi connectivity index (χ0) is 15.6. The Morgan fingerprint density at radius 2 is 2.24 bits per heavy atom. The summed E-state index contributed by atoms with van der Waals surface area (Å²) < 4.78 is 0. The van der Waals surface area contributed by atoms with Crippen molar-refractivity contribution in [1.82, 2.24) is 14.9 Å². The van der Waals surface area contributed by atoms with E-state index in [9.17, 15) is 14.9 Å². The first-order valence-electron chi connectivity index (χ1n) is 5.86. The molecule has 0 bridgehead atoms. The zero-order valence-corrected chi connectivity index (χ0v) is 12.8. The lowest BCUT2D eigenvalue weighted by atomic mass is 10.2. The number of halogens is 1. The summed E-state index contributed by atoms with van der Waals surface area (Å²) in [5.74, 6) is -0.489. The summed E-state index contributed by atoms with van der Waals surface area (Å²) in [5, 5.41) is 11.6. The maximum absolute atomic E-state index is 12.4. The minimum Gasteiger partial charge on any atom is -0.336 e. The molecule has 2 aromatic heterocycles. The first kappa shape index (κ1) is 15.3. The second-order valence-corrected chi connectivity index (χ2v) is 5.94. The Kier molecular flexibility index (Phi) is 4.49. The van der Waals surface area contributed by atoms with E-state index in [4.69, 9.17) is 11.6 Å². The lowest BCUT2D eigenvalue weighted by molar-refractivity contribution is -0.385. The van der Waals surface area contributed by atoms with Crippen LogP contribution in [0.2, 0.25) is 5.15 Å². The number of pyridine rings is 1. The van der Waals surface area contributed by atoms with Gasteiger partial charge in [0.25, 0.3) is 5.91 Å². The van der Waals surface area contributed by atoms with E-state index >= 15 is 0 Å². The molecule has 110 valence electrons. The molecule has 2 rings (SSSR count). The van der Waals surface area contributed by atoms with Gasteiger partial charge < -0.3 is 4.90 Å². The highest BCUT2D eigenvalue weighted by Gasteiger charge is 2.27. The molecular weight excluding hydrogens is 316 g/mol. The molecule has 0 aliphatic heterocycles. The van der Waals surface area contributed by atoms with Crippen molar-refractivity contribution in [3.05, 3.63) is 49.2 Å². The number of rotatable bonds is 4. The molecule has 2 heterocycles. The molecular formula is C12H11ClN4O3S. The predicted octanol–water partition coefficient (Wildman–Crippen LogP) is 2.68. The highest BCUT2D eigenvalue weighted by Crippen LogP contribution is 2.27. The van der Waals surface area contributed by atoms with E-state index in [0.29, 0.717) is 6.54 Å². The number of amides is 1. The fourth-order valence-corrected chi connectivity index (χ4v) is 2.84. The number of aryl methyl sites for hydroxylation is 1. The molecule has 0 atom stereocenters. The van der Waals surface area contributed by atoms with Crippen LogP contribution in [-0.2, 0) is 6.54 Å². The van der Waals surface area contributed by atoms with Gasteiger partial charge in [-0.05, 0) is 13.0 Å². The molecule has 9 heteroatoms. The van der Waals surface area contributed by atoms with Crippen molar-refractivity contribution in [2.75, 3.05) is 7.05 Å². The van der Waals surface area contributed by atoms with Crippen molar-refractivity contribution in [2.24, 2.45) is 0 Å². The van der Waals surface area contributed by atoms with Crippen LogP contribution >= 0.6 is 22.9 Å². The Morgan fingerprint density at radius 3 is 2.81 bits per heavy atom. The van der Waals surface area contributed by atoms with Crippen molar-refractivity contribution in [3.63, 3.8) is 0 Å². The molecule has 21 heavy (non-hydrogen) atoms. The normalized spacial score (nSPS) is 10.4. The second-order valence-electron chi connectivity index (χ2n) is 4.26. The van der Waals surface area contributed by atoms with Gasteiger partial charge in [0, 0.05) is 24.3 Å². The Morgan fingerprint density at radius 1 is 1.52 bits per heavy atom. The van der Waals surface area contributed by atoms with Gasteiger partial charge in [-0.1, -0.05) is 11.6 Å². The van der Waals surface area contributed by atoms with Crippen molar-refractivity contribution in [3.8, 4) is 0 Å². The first-order valence-corrected chi connectivity index (χ1v) is 7.05. The maximum atomic E-state index is 12.4. The highest BCUT2D eigenvalue weighted by molar-refractivity contribution is 7.11. The summed E-state index contributed by atoms with van der Waals surface area (Å²) in [6.45, 7) is 2.19. The van der Waals surface area contributed by atoms with Crippen molar-refractivity contribution >= 4 is 34.5 Å². The van der Waals surface area contributed by atoms with E-state index in [1.165, 1.54) is 28.5 Å². The van der Waals surface area contributed by atoms with Gasteiger partial charge in [0.1, 0.15) is 5.56 Å². The summed E-state index contributed by atoms with van der Waals surface area (Å²) in [7, 11) is 1.56. The third kappa shape index (κ3) is 3.34. The van der Waals surface area contributed by atoms with Gasteiger partial charge in [-0.2, -0.15) is 0 Å². The molecule has 2 aromatic rings. The Balaban J connectivity index is 2.27. The van der Waals surface area contributed by atoms with E-state index in [2.05, 4.69) is 9.97 Å². The molecule has 1 amide bonds. The lowest BCUT2D eigenvalue weighted by Gasteiger charge is -2.16. The predicted molar refractivity (Wildman–Crippen MR) is 78.5 cm³/mol. The van der Waals surface area contributed by atoms with Crippen LogP contribution in [0.15, 0.2) is 18.5 Å². The van der Waals surface area contributed by atoms with E-state index < -0.39 is 16.5 Å². The van der Waals surface area contributed by atoms with Crippen LogP contribution in [0.3, 0.4) is 0 Å². The summed E-state index contributed by atoms with van der Waals surface area (Å²) in [6.07, 6.45) is 2.95. The molecule has 0 saturated heterocycles. The van der Waals surface area contributed by atoms with Crippen LogP contribution in [-0.4, -0.2) is 32.7 Å². The molecule has 0 N–H and O–H groups in total. The number of thiazole rings is 1. The van der Waals surface area contributed by atoms with Gasteiger partial charge >= 0.3 is 5.69 Å². The third-order valence-corrected chi connectivity index (χ3v) is 3.88. The van der Waals surface area contributed by atoms with Gasteiger partial charge in [0.2, 0.25) is 5.15 Å². The minimum absolute atomic E-state index is 0.0799. The minimum atomic E-state index is -0.701. The molecule has 0 aliphatic carbocycles. The maximum Gasteiger partial charge on any atom is 0.319 e. The summed E-state index contributed by atoms with van der Waals surface area (Å²) in [4.78, 5) is 32.7. The smallest absolute Gasteiger partial charge is 0.319 e. The highest BCUT2D eigenvalue weighted by atomic mass is 35.5. The van der Waals surface area contributed by atoms with Crippen LogP contribution < -0.4 is 0 Å².